The molecule has 0 spiro atoms. The predicted octanol–water partition coefficient (Wildman–Crippen LogP) is 4.06. The number of aromatic nitrogens is 2. The molecule has 0 aliphatic rings. The van der Waals surface area contributed by atoms with Gasteiger partial charge in [-0.15, -0.1) is 0 Å². The maximum absolute atomic E-state index is 13.0. The zero-order valence-electron chi connectivity index (χ0n) is 17.6. The molecule has 3 aromatic carbocycles. The van der Waals surface area contributed by atoms with Gasteiger partial charge in [0.15, 0.2) is 11.6 Å². The lowest BCUT2D eigenvalue weighted by Gasteiger charge is -2.14. The molecule has 8 nitrogen and oxygen atoms in total. The number of rotatable bonds is 8. The second-order valence-corrected chi connectivity index (χ2v) is 8.57. The van der Waals surface area contributed by atoms with Gasteiger partial charge in [0.25, 0.3) is 10.0 Å². The van der Waals surface area contributed by atoms with E-state index in [1.54, 1.807) is 25.3 Å². The molecular formula is C23H22N4O4S. The normalized spacial score (nSPS) is 11.2. The van der Waals surface area contributed by atoms with Gasteiger partial charge in [-0.25, -0.2) is 18.4 Å². The first-order chi connectivity index (χ1) is 15.5. The van der Waals surface area contributed by atoms with Crippen LogP contribution < -0.4 is 19.5 Å². The van der Waals surface area contributed by atoms with E-state index in [0.29, 0.717) is 29.1 Å². The molecule has 0 saturated heterocycles. The highest BCUT2D eigenvalue weighted by atomic mass is 32.2. The van der Waals surface area contributed by atoms with Gasteiger partial charge in [-0.3, -0.25) is 4.72 Å². The Morgan fingerprint density at radius 3 is 1.84 bits per heavy atom. The fourth-order valence-electron chi connectivity index (χ4n) is 3.06. The van der Waals surface area contributed by atoms with Gasteiger partial charge in [0.2, 0.25) is 0 Å². The summed E-state index contributed by atoms with van der Waals surface area (Å²) in [7, 11) is -0.755. The van der Waals surface area contributed by atoms with E-state index in [1.807, 2.05) is 42.5 Å². The highest BCUT2D eigenvalue weighted by Crippen LogP contribution is 2.25. The highest BCUT2D eigenvalue weighted by Gasteiger charge is 2.19. The van der Waals surface area contributed by atoms with Gasteiger partial charge in [-0.2, -0.15) is 0 Å². The van der Waals surface area contributed by atoms with E-state index in [0.717, 1.165) is 11.3 Å². The molecule has 2 N–H and O–H groups in total. The molecule has 0 saturated carbocycles. The quantitative estimate of drug-likeness (QED) is 0.417. The minimum absolute atomic E-state index is 0.0920. The summed E-state index contributed by atoms with van der Waals surface area (Å²) in [6.45, 7) is 0.425. The van der Waals surface area contributed by atoms with E-state index < -0.39 is 10.0 Å². The van der Waals surface area contributed by atoms with Crippen LogP contribution >= 0.6 is 0 Å². The maximum Gasteiger partial charge on any atom is 0.263 e. The number of para-hydroxylation sites is 2. The van der Waals surface area contributed by atoms with Crippen molar-refractivity contribution in [3.63, 3.8) is 0 Å². The standard InChI is InChI=1S/C23H22N4O4S/c1-30-17-9-7-16(8-10-17)15-24-22-23(26-21-6-4-3-5-20(21)25-22)27-32(28,29)19-13-11-18(31-2)12-14-19/h3-14H,15H2,1-2H3,(H,24,25)(H,26,27). The van der Waals surface area contributed by atoms with Crippen LogP contribution in [-0.4, -0.2) is 32.6 Å². The lowest BCUT2D eigenvalue weighted by atomic mass is 10.2. The third-order valence-corrected chi connectivity index (χ3v) is 6.15. The Morgan fingerprint density at radius 2 is 1.28 bits per heavy atom. The number of ether oxygens (including phenoxy) is 2. The Balaban J connectivity index is 1.65. The van der Waals surface area contributed by atoms with Gasteiger partial charge in [-0.1, -0.05) is 24.3 Å². The lowest BCUT2D eigenvalue weighted by Crippen LogP contribution is -2.16. The number of hydrogen-bond donors (Lipinski definition) is 2. The fourth-order valence-corrected chi connectivity index (χ4v) is 4.07. The third-order valence-electron chi connectivity index (χ3n) is 4.79. The van der Waals surface area contributed by atoms with Crippen LogP contribution in [0.2, 0.25) is 0 Å². The summed E-state index contributed by atoms with van der Waals surface area (Å²) in [6, 6.07) is 20.9. The molecule has 32 heavy (non-hydrogen) atoms. The van der Waals surface area contributed by atoms with Crippen LogP contribution in [0.25, 0.3) is 11.0 Å². The number of nitrogens with zero attached hydrogens (tertiary/aromatic N) is 2. The minimum Gasteiger partial charge on any atom is -0.497 e. The summed E-state index contributed by atoms with van der Waals surface area (Å²) in [5, 5.41) is 3.19. The number of anilines is 2. The molecule has 0 fully saturated rings. The molecule has 4 aromatic rings. The van der Waals surface area contributed by atoms with E-state index in [4.69, 9.17) is 9.47 Å². The van der Waals surface area contributed by atoms with Crippen LogP contribution in [0, 0.1) is 0 Å². The van der Waals surface area contributed by atoms with Crippen molar-refractivity contribution in [3.05, 3.63) is 78.4 Å². The number of hydrogen-bond acceptors (Lipinski definition) is 7. The van der Waals surface area contributed by atoms with Gasteiger partial charge >= 0.3 is 0 Å². The molecule has 0 radical (unpaired) electrons. The van der Waals surface area contributed by atoms with Gasteiger partial charge in [0.05, 0.1) is 30.1 Å². The van der Waals surface area contributed by atoms with Crippen LogP contribution in [0.15, 0.2) is 77.7 Å². The topological polar surface area (TPSA) is 102 Å². The van der Waals surface area contributed by atoms with Crippen molar-refractivity contribution >= 4 is 32.7 Å². The number of fused-ring (bicyclic) bond motifs is 1. The zero-order valence-corrected chi connectivity index (χ0v) is 18.4. The average molecular weight is 451 g/mol. The SMILES string of the molecule is COc1ccc(CNc2nc3ccccc3nc2NS(=O)(=O)c2ccc(OC)cc2)cc1. The van der Waals surface area contributed by atoms with Crippen molar-refractivity contribution in [2.45, 2.75) is 11.4 Å². The van der Waals surface area contributed by atoms with E-state index >= 15 is 0 Å². The maximum atomic E-state index is 13.0. The molecule has 0 aliphatic heterocycles. The predicted molar refractivity (Wildman–Crippen MR) is 124 cm³/mol. The summed E-state index contributed by atoms with van der Waals surface area (Å²) in [6.07, 6.45) is 0. The first-order valence-electron chi connectivity index (χ1n) is 9.79. The van der Waals surface area contributed by atoms with E-state index in [9.17, 15) is 8.42 Å². The van der Waals surface area contributed by atoms with E-state index in [2.05, 4.69) is 20.0 Å². The Hall–Kier alpha value is -3.85. The summed E-state index contributed by atoms with van der Waals surface area (Å²) < 4.78 is 38.8. The average Bonchev–Trinajstić information content (AvgIpc) is 2.83. The summed E-state index contributed by atoms with van der Waals surface area (Å²) in [4.78, 5) is 9.18. The molecule has 1 heterocycles. The van der Waals surface area contributed by atoms with Crippen LogP contribution in [0.5, 0.6) is 11.5 Å². The Kier molecular flexibility index (Phi) is 6.09. The molecule has 0 unspecified atom stereocenters. The molecule has 4 rings (SSSR count). The zero-order chi connectivity index (χ0) is 22.6. The van der Waals surface area contributed by atoms with Crippen molar-refractivity contribution in [2.75, 3.05) is 24.3 Å². The summed E-state index contributed by atoms with van der Waals surface area (Å²) >= 11 is 0. The van der Waals surface area contributed by atoms with E-state index in [-0.39, 0.29) is 10.7 Å². The number of nitrogens with one attached hydrogen (secondary N) is 2. The molecule has 1 aromatic heterocycles. The molecule has 0 aliphatic carbocycles. The fraction of sp³-hybridized carbons (Fsp3) is 0.130. The molecule has 0 atom stereocenters. The molecular weight excluding hydrogens is 428 g/mol. The van der Waals surface area contributed by atoms with Crippen molar-refractivity contribution < 1.29 is 17.9 Å². The van der Waals surface area contributed by atoms with Gasteiger partial charge < -0.3 is 14.8 Å². The Bertz CT molecular complexity index is 1320. The number of benzene rings is 3. The summed E-state index contributed by atoms with van der Waals surface area (Å²) in [5.41, 5.74) is 2.21. The van der Waals surface area contributed by atoms with Crippen molar-refractivity contribution in [3.8, 4) is 11.5 Å². The first-order valence-corrected chi connectivity index (χ1v) is 11.3. The van der Waals surface area contributed by atoms with Crippen LogP contribution in [0.3, 0.4) is 0 Å². The summed E-state index contributed by atoms with van der Waals surface area (Å²) in [5.74, 6) is 1.77. The number of sulfonamides is 1. The molecule has 0 amide bonds. The molecule has 9 heteroatoms. The number of methoxy groups -OCH3 is 2. The van der Waals surface area contributed by atoms with Gasteiger partial charge in [0, 0.05) is 6.54 Å². The van der Waals surface area contributed by atoms with E-state index in [1.165, 1.54) is 19.2 Å². The van der Waals surface area contributed by atoms with Crippen molar-refractivity contribution in [1.29, 1.82) is 0 Å². The Morgan fingerprint density at radius 1 is 0.750 bits per heavy atom. The third kappa shape index (κ3) is 4.73. The Labute approximate surface area is 186 Å². The van der Waals surface area contributed by atoms with Crippen molar-refractivity contribution in [2.24, 2.45) is 0 Å². The van der Waals surface area contributed by atoms with Crippen molar-refractivity contribution in [1.82, 2.24) is 9.97 Å². The second kappa shape index (κ2) is 9.11. The lowest BCUT2D eigenvalue weighted by molar-refractivity contribution is 0.414. The minimum atomic E-state index is -3.89. The second-order valence-electron chi connectivity index (χ2n) is 6.89. The van der Waals surface area contributed by atoms with Gasteiger partial charge in [-0.05, 0) is 54.1 Å². The van der Waals surface area contributed by atoms with Gasteiger partial charge in [0.1, 0.15) is 11.5 Å². The highest BCUT2D eigenvalue weighted by molar-refractivity contribution is 7.92. The molecule has 0 bridgehead atoms. The largest absolute Gasteiger partial charge is 0.497 e. The van der Waals surface area contributed by atoms with Crippen LogP contribution in [0.1, 0.15) is 5.56 Å². The smallest absolute Gasteiger partial charge is 0.263 e. The first kappa shape index (κ1) is 21.4. The monoisotopic (exact) mass is 450 g/mol. The van der Waals surface area contributed by atoms with Crippen LogP contribution in [-0.2, 0) is 16.6 Å². The van der Waals surface area contributed by atoms with Crippen LogP contribution in [0.4, 0.5) is 11.6 Å². The molecule has 164 valence electrons.